The maximum absolute atomic E-state index is 5.63. The molecule has 1 N–H and O–H groups in total. The second kappa shape index (κ2) is 8.09. The van der Waals surface area contributed by atoms with Gasteiger partial charge in [0.1, 0.15) is 5.75 Å². The first-order chi connectivity index (χ1) is 8.67. The Morgan fingerprint density at radius 2 is 2.06 bits per heavy atom. The van der Waals surface area contributed by atoms with E-state index in [4.69, 9.17) is 4.74 Å². The van der Waals surface area contributed by atoms with Crippen LogP contribution in [0.1, 0.15) is 52.3 Å². The molecule has 0 bridgehead atoms. The van der Waals surface area contributed by atoms with Crippen LogP contribution < -0.4 is 10.1 Å². The molecule has 3 nitrogen and oxygen atoms in total. The van der Waals surface area contributed by atoms with Crippen molar-refractivity contribution in [1.82, 2.24) is 10.3 Å². The van der Waals surface area contributed by atoms with Gasteiger partial charge in [-0.2, -0.15) is 0 Å². The minimum absolute atomic E-state index is 0.351. The number of hydrogen-bond donors (Lipinski definition) is 1. The van der Waals surface area contributed by atoms with Crippen molar-refractivity contribution in [3.05, 3.63) is 24.0 Å². The molecule has 18 heavy (non-hydrogen) atoms. The van der Waals surface area contributed by atoms with E-state index in [9.17, 15) is 0 Å². The van der Waals surface area contributed by atoms with E-state index in [-0.39, 0.29) is 0 Å². The second-order valence-electron chi connectivity index (χ2n) is 5.04. The van der Waals surface area contributed by atoms with Crippen LogP contribution in [0.5, 0.6) is 5.75 Å². The van der Waals surface area contributed by atoms with Gasteiger partial charge in [0.25, 0.3) is 0 Å². The van der Waals surface area contributed by atoms with Gasteiger partial charge in [-0.25, -0.2) is 0 Å². The Labute approximate surface area is 111 Å². The van der Waals surface area contributed by atoms with Gasteiger partial charge in [0.15, 0.2) is 0 Å². The van der Waals surface area contributed by atoms with Crippen molar-refractivity contribution < 1.29 is 4.74 Å². The fraction of sp³-hybridized carbons (Fsp3) is 0.667. The molecule has 1 aromatic rings. The van der Waals surface area contributed by atoms with E-state index in [1.807, 2.05) is 12.3 Å². The van der Waals surface area contributed by atoms with Crippen LogP contribution in [0.25, 0.3) is 0 Å². The topological polar surface area (TPSA) is 34.1 Å². The highest BCUT2D eigenvalue weighted by atomic mass is 16.5. The Morgan fingerprint density at radius 1 is 1.28 bits per heavy atom. The van der Waals surface area contributed by atoms with Crippen LogP contribution in [-0.4, -0.2) is 18.1 Å². The fourth-order valence-electron chi connectivity index (χ4n) is 1.72. The third-order valence-electron chi connectivity index (χ3n) is 2.75. The van der Waals surface area contributed by atoms with E-state index in [1.165, 1.54) is 0 Å². The van der Waals surface area contributed by atoms with Crippen molar-refractivity contribution in [2.24, 2.45) is 5.92 Å². The smallest absolute Gasteiger partial charge is 0.137 e. The van der Waals surface area contributed by atoms with Crippen LogP contribution in [0.3, 0.4) is 0 Å². The average Bonchev–Trinajstić information content (AvgIpc) is 2.38. The van der Waals surface area contributed by atoms with E-state index in [0.717, 1.165) is 37.4 Å². The van der Waals surface area contributed by atoms with Crippen molar-refractivity contribution in [2.45, 2.75) is 46.6 Å². The van der Waals surface area contributed by atoms with Crippen molar-refractivity contribution in [3.8, 4) is 5.75 Å². The van der Waals surface area contributed by atoms with E-state index in [1.54, 1.807) is 0 Å². The highest BCUT2D eigenvalue weighted by molar-refractivity contribution is 5.21. The highest BCUT2D eigenvalue weighted by Gasteiger charge is 2.09. The maximum Gasteiger partial charge on any atom is 0.137 e. The standard InChI is InChI=1S/C15H26N2O/c1-5-9-16-14(6-2)15-8-7-13(10-17-15)18-11-12(3)4/h7-8,10,12,14,16H,5-6,9,11H2,1-4H3. The molecule has 1 aromatic heterocycles. The summed E-state index contributed by atoms with van der Waals surface area (Å²) in [5.41, 5.74) is 1.10. The summed E-state index contributed by atoms with van der Waals surface area (Å²) in [6.45, 7) is 10.4. The molecule has 0 aliphatic rings. The van der Waals surface area contributed by atoms with Gasteiger partial charge < -0.3 is 10.1 Å². The van der Waals surface area contributed by atoms with Crippen LogP contribution in [0, 0.1) is 5.92 Å². The molecule has 0 saturated carbocycles. The number of nitrogens with zero attached hydrogens (tertiary/aromatic N) is 1. The van der Waals surface area contributed by atoms with Crippen molar-refractivity contribution in [3.63, 3.8) is 0 Å². The normalized spacial score (nSPS) is 12.7. The third-order valence-corrected chi connectivity index (χ3v) is 2.75. The van der Waals surface area contributed by atoms with Crippen LogP contribution in [0.4, 0.5) is 0 Å². The zero-order valence-corrected chi connectivity index (χ0v) is 12.1. The van der Waals surface area contributed by atoms with Crippen LogP contribution in [0.15, 0.2) is 18.3 Å². The molecule has 0 aliphatic carbocycles. The first-order valence-corrected chi connectivity index (χ1v) is 6.99. The fourth-order valence-corrected chi connectivity index (χ4v) is 1.72. The van der Waals surface area contributed by atoms with Crippen molar-refractivity contribution in [1.29, 1.82) is 0 Å². The molecular formula is C15H26N2O. The van der Waals surface area contributed by atoms with E-state index >= 15 is 0 Å². The number of pyridine rings is 1. The molecule has 0 spiro atoms. The summed E-state index contributed by atoms with van der Waals surface area (Å²) in [6.07, 6.45) is 4.03. The number of nitrogens with one attached hydrogen (secondary N) is 1. The predicted molar refractivity (Wildman–Crippen MR) is 75.9 cm³/mol. The van der Waals surface area contributed by atoms with Gasteiger partial charge in [0.2, 0.25) is 0 Å². The predicted octanol–water partition coefficient (Wildman–Crippen LogP) is 3.57. The number of ether oxygens (including phenoxy) is 1. The molecule has 0 aliphatic heterocycles. The van der Waals surface area contributed by atoms with Crippen LogP contribution in [0.2, 0.25) is 0 Å². The van der Waals surface area contributed by atoms with Gasteiger partial charge >= 0.3 is 0 Å². The summed E-state index contributed by atoms with van der Waals surface area (Å²) in [6, 6.07) is 4.43. The summed E-state index contributed by atoms with van der Waals surface area (Å²) in [5, 5.41) is 3.50. The molecule has 1 rings (SSSR count). The van der Waals surface area contributed by atoms with E-state index < -0.39 is 0 Å². The molecule has 0 amide bonds. The largest absolute Gasteiger partial charge is 0.492 e. The molecule has 0 saturated heterocycles. The van der Waals surface area contributed by atoms with Gasteiger partial charge in [0, 0.05) is 6.04 Å². The Bertz CT molecular complexity index is 322. The number of aromatic nitrogens is 1. The Kier molecular flexibility index (Phi) is 6.73. The molecule has 0 radical (unpaired) electrons. The van der Waals surface area contributed by atoms with E-state index in [0.29, 0.717) is 12.0 Å². The van der Waals surface area contributed by atoms with Crippen molar-refractivity contribution in [2.75, 3.05) is 13.2 Å². The van der Waals surface area contributed by atoms with Crippen LogP contribution in [-0.2, 0) is 0 Å². The molecule has 1 atom stereocenters. The third kappa shape index (κ3) is 5.05. The molecule has 0 fully saturated rings. The minimum Gasteiger partial charge on any atom is -0.492 e. The van der Waals surface area contributed by atoms with Crippen molar-refractivity contribution >= 4 is 0 Å². The first kappa shape index (κ1) is 15.0. The highest BCUT2D eigenvalue weighted by Crippen LogP contribution is 2.17. The monoisotopic (exact) mass is 250 g/mol. The summed E-state index contributed by atoms with van der Waals surface area (Å²) in [4.78, 5) is 4.49. The Hall–Kier alpha value is -1.09. The summed E-state index contributed by atoms with van der Waals surface area (Å²) in [7, 11) is 0. The van der Waals surface area contributed by atoms with Gasteiger partial charge in [-0.15, -0.1) is 0 Å². The van der Waals surface area contributed by atoms with E-state index in [2.05, 4.69) is 44.1 Å². The lowest BCUT2D eigenvalue weighted by molar-refractivity contribution is 0.270. The number of hydrogen-bond acceptors (Lipinski definition) is 3. The van der Waals surface area contributed by atoms with Gasteiger partial charge in [-0.1, -0.05) is 27.7 Å². The zero-order valence-electron chi connectivity index (χ0n) is 12.1. The molecule has 3 heteroatoms. The summed E-state index contributed by atoms with van der Waals surface area (Å²) < 4.78 is 5.63. The molecular weight excluding hydrogens is 224 g/mol. The Morgan fingerprint density at radius 3 is 2.56 bits per heavy atom. The maximum atomic E-state index is 5.63. The first-order valence-electron chi connectivity index (χ1n) is 6.99. The number of rotatable bonds is 8. The minimum atomic E-state index is 0.351. The molecule has 0 aromatic carbocycles. The molecule has 1 unspecified atom stereocenters. The zero-order chi connectivity index (χ0) is 13.4. The summed E-state index contributed by atoms with van der Waals surface area (Å²) >= 11 is 0. The lowest BCUT2D eigenvalue weighted by Gasteiger charge is -2.16. The average molecular weight is 250 g/mol. The second-order valence-corrected chi connectivity index (χ2v) is 5.04. The quantitative estimate of drug-likeness (QED) is 0.766. The van der Waals surface area contributed by atoms with Gasteiger partial charge in [-0.3, -0.25) is 4.98 Å². The summed E-state index contributed by atoms with van der Waals surface area (Å²) in [5.74, 6) is 1.40. The molecule has 102 valence electrons. The Balaban J connectivity index is 2.57. The SMILES string of the molecule is CCCNC(CC)c1ccc(OCC(C)C)cn1. The molecule has 1 heterocycles. The van der Waals surface area contributed by atoms with Crippen LogP contribution >= 0.6 is 0 Å². The van der Waals surface area contributed by atoms with Gasteiger partial charge in [0.05, 0.1) is 18.5 Å². The lowest BCUT2D eigenvalue weighted by Crippen LogP contribution is -2.22. The van der Waals surface area contributed by atoms with Gasteiger partial charge in [-0.05, 0) is 37.4 Å². The lowest BCUT2D eigenvalue weighted by atomic mass is 10.1.